The van der Waals surface area contributed by atoms with Crippen molar-refractivity contribution in [1.82, 2.24) is 4.98 Å². The largest absolute Gasteiger partial charge is 0.496 e. The Morgan fingerprint density at radius 2 is 2.07 bits per heavy atom. The van der Waals surface area contributed by atoms with Crippen LogP contribution in [0.25, 0.3) is 16.0 Å². The van der Waals surface area contributed by atoms with Gasteiger partial charge in [0.15, 0.2) is 5.69 Å². The van der Waals surface area contributed by atoms with Gasteiger partial charge in [-0.3, -0.25) is 9.78 Å². The lowest BCUT2D eigenvalue weighted by Gasteiger charge is -2.19. The highest BCUT2D eigenvalue weighted by atomic mass is 19.1. The summed E-state index contributed by atoms with van der Waals surface area (Å²) in [5.41, 5.74) is 3.38. The minimum atomic E-state index is -0.421. The van der Waals surface area contributed by atoms with Crippen LogP contribution in [0.3, 0.4) is 0 Å². The van der Waals surface area contributed by atoms with Gasteiger partial charge in [-0.05, 0) is 23.8 Å². The van der Waals surface area contributed by atoms with Crippen molar-refractivity contribution in [2.75, 3.05) is 12.0 Å². The van der Waals surface area contributed by atoms with Crippen LogP contribution in [0, 0.1) is 12.4 Å². The first-order valence-electron chi connectivity index (χ1n) is 8.70. The van der Waals surface area contributed by atoms with E-state index in [1.165, 1.54) is 13.2 Å². The summed E-state index contributed by atoms with van der Waals surface area (Å²) in [5.74, 6) is -0.119. The number of halogens is 1. The first kappa shape index (κ1) is 17.7. The topological polar surface area (TPSA) is 46.8 Å². The number of amides is 1. The van der Waals surface area contributed by atoms with Gasteiger partial charge in [-0.25, -0.2) is 9.24 Å². The zero-order chi connectivity index (χ0) is 19.7. The Balaban J connectivity index is 1.77. The molecule has 0 fully saturated rings. The number of methoxy groups -OCH3 is 1. The van der Waals surface area contributed by atoms with Gasteiger partial charge in [0.05, 0.1) is 37.0 Å². The minimum absolute atomic E-state index is 0.0973. The summed E-state index contributed by atoms with van der Waals surface area (Å²) in [6.45, 7) is 7.59. The number of benzene rings is 2. The second-order valence-electron chi connectivity index (χ2n) is 6.40. The van der Waals surface area contributed by atoms with Crippen molar-refractivity contribution in [2.45, 2.75) is 13.0 Å². The summed E-state index contributed by atoms with van der Waals surface area (Å²) in [4.78, 5) is 22.1. The van der Waals surface area contributed by atoms with Crippen LogP contribution in [-0.4, -0.2) is 18.0 Å². The molecule has 0 radical (unpaired) electrons. The molecule has 1 aliphatic rings. The molecule has 2 aromatic carbocycles. The third-order valence-electron chi connectivity index (χ3n) is 4.78. The van der Waals surface area contributed by atoms with Crippen LogP contribution in [0.1, 0.15) is 11.3 Å². The Morgan fingerprint density at radius 3 is 2.86 bits per heavy atom. The molecule has 0 saturated heterocycles. The minimum Gasteiger partial charge on any atom is -0.496 e. The second-order valence-corrected chi connectivity index (χ2v) is 6.40. The van der Waals surface area contributed by atoms with Crippen molar-refractivity contribution in [2.24, 2.45) is 0 Å². The van der Waals surface area contributed by atoms with Crippen molar-refractivity contribution < 1.29 is 13.9 Å². The molecule has 4 rings (SSSR count). The molecule has 0 saturated carbocycles. The molecular weight excluding hydrogens is 357 g/mol. The van der Waals surface area contributed by atoms with E-state index in [-0.39, 0.29) is 18.9 Å². The SMILES string of the molecule is [C-]#[N+]c1ccccc1CN1C(=O)Cc2ncc(-c3c(F)cccc3OC)cc21. The Kier molecular flexibility index (Phi) is 4.50. The van der Waals surface area contributed by atoms with Gasteiger partial charge in [-0.2, -0.15) is 0 Å². The maximum Gasteiger partial charge on any atom is 0.233 e. The number of pyridine rings is 1. The molecule has 0 spiro atoms. The fourth-order valence-corrected chi connectivity index (χ4v) is 3.41. The lowest BCUT2D eigenvalue weighted by Crippen LogP contribution is -2.26. The zero-order valence-corrected chi connectivity index (χ0v) is 15.1. The van der Waals surface area contributed by atoms with E-state index >= 15 is 0 Å². The number of hydrogen-bond donors (Lipinski definition) is 0. The van der Waals surface area contributed by atoms with Crippen molar-refractivity contribution in [3.63, 3.8) is 0 Å². The molecule has 6 heteroatoms. The highest BCUT2D eigenvalue weighted by Gasteiger charge is 2.30. The molecule has 3 aromatic rings. The van der Waals surface area contributed by atoms with E-state index < -0.39 is 5.82 Å². The van der Waals surface area contributed by atoms with Gasteiger partial charge in [-0.15, -0.1) is 0 Å². The lowest BCUT2D eigenvalue weighted by atomic mass is 10.0. The summed E-state index contributed by atoms with van der Waals surface area (Å²) in [6, 6.07) is 13.6. The van der Waals surface area contributed by atoms with Gasteiger partial charge in [0, 0.05) is 18.3 Å². The number of fused-ring (bicyclic) bond motifs is 1. The number of hydrogen-bond acceptors (Lipinski definition) is 3. The zero-order valence-electron chi connectivity index (χ0n) is 15.1. The molecule has 5 nitrogen and oxygen atoms in total. The summed E-state index contributed by atoms with van der Waals surface area (Å²) in [5, 5.41) is 0. The summed E-state index contributed by atoms with van der Waals surface area (Å²) in [7, 11) is 1.48. The van der Waals surface area contributed by atoms with Gasteiger partial charge in [-0.1, -0.05) is 30.3 Å². The van der Waals surface area contributed by atoms with E-state index in [1.807, 2.05) is 12.1 Å². The van der Waals surface area contributed by atoms with Crippen LogP contribution < -0.4 is 9.64 Å². The van der Waals surface area contributed by atoms with Crippen LogP contribution in [-0.2, 0) is 17.8 Å². The fraction of sp³-hybridized carbons (Fsp3) is 0.136. The predicted octanol–water partition coefficient (Wildman–Crippen LogP) is 4.54. The third-order valence-corrected chi connectivity index (χ3v) is 4.78. The monoisotopic (exact) mass is 373 g/mol. The van der Waals surface area contributed by atoms with Crippen LogP contribution >= 0.6 is 0 Å². The lowest BCUT2D eigenvalue weighted by molar-refractivity contribution is -0.117. The Labute approximate surface area is 161 Å². The summed E-state index contributed by atoms with van der Waals surface area (Å²) >= 11 is 0. The van der Waals surface area contributed by atoms with Gasteiger partial charge >= 0.3 is 0 Å². The van der Waals surface area contributed by atoms with E-state index in [4.69, 9.17) is 11.3 Å². The molecule has 28 heavy (non-hydrogen) atoms. The van der Waals surface area contributed by atoms with Crippen LogP contribution in [0.15, 0.2) is 54.7 Å². The first-order chi connectivity index (χ1) is 13.6. The summed E-state index contributed by atoms with van der Waals surface area (Å²) < 4.78 is 19.8. The van der Waals surface area contributed by atoms with Crippen molar-refractivity contribution in [3.8, 4) is 16.9 Å². The number of nitrogens with zero attached hydrogens (tertiary/aromatic N) is 3. The average Bonchev–Trinajstić information content (AvgIpc) is 3.02. The molecule has 0 unspecified atom stereocenters. The first-order valence-corrected chi connectivity index (χ1v) is 8.70. The molecule has 1 aromatic heterocycles. The van der Waals surface area contributed by atoms with Crippen molar-refractivity contribution in [3.05, 3.63) is 83.2 Å². The van der Waals surface area contributed by atoms with Gasteiger partial charge in [0.1, 0.15) is 11.6 Å². The molecule has 0 atom stereocenters. The number of carbonyl (C=O) groups excluding carboxylic acids is 1. The Hall–Kier alpha value is -3.72. The molecule has 0 aliphatic carbocycles. The number of anilines is 1. The number of para-hydroxylation sites is 1. The molecule has 0 N–H and O–H groups in total. The van der Waals surface area contributed by atoms with Crippen LogP contribution in [0.2, 0.25) is 0 Å². The maximum atomic E-state index is 14.5. The Morgan fingerprint density at radius 1 is 1.25 bits per heavy atom. The standard InChI is InChI=1S/C22H16FN3O2/c1-24-17-8-4-3-6-14(17)13-26-19-10-15(12-25-18(19)11-21(26)27)22-16(23)7-5-9-20(22)28-2/h3-10,12H,11,13H2,2H3. The molecule has 1 amide bonds. The predicted molar refractivity (Wildman–Crippen MR) is 104 cm³/mol. The van der Waals surface area contributed by atoms with Crippen molar-refractivity contribution in [1.29, 1.82) is 0 Å². The fourth-order valence-electron chi connectivity index (χ4n) is 3.41. The highest BCUT2D eigenvalue weighted by Crippen LogP contribution is 2.38. The molecule has 138 valence electrons. The second kappa shape index (κ2) is 7.12. The van der Waals surface area contributed by atoms with Crippen LogP contribution in [0.4, 0.5) is 15.8 Å². The quantitative estimate of drug-likeness (QED) is 0.631. The van der Waals surface area contributed by atoms with Gasteiger partial charge < -0.3 is 9.64 Å². The van der Waals surface area contributed by atoms with E-state index in [0.29, 0.717) is 33.9 Å². The highest BCUT2D eigenvalue weighted by molar-refractivity contribution is 6.01. The molecule has 0 bridgehead atoms. The average molecular weight is 373 g/mol. The summed E-state index contributed by atoms with van der Waals surface area (Å²) in [6.07, 6.45) is 1.74. The Bertz CT molecular complexity index is 1120. The van der Waals surface area contributed by atoms with Crippen LogP contribution in [0.5, 0.6) is 5.75 Å². The number of aromatic nitrogens is 1. The number of ether oxygens (including phenoxy) is 1. The normalized spacial score (nSPS) is 12.6. The van der Waals surface area contributed by atoms with Crippen molar-refractivity contribution >= 4 is 17.3 Å². The maximum absolute atomic E-state index is 14.5. The van der Waals surface area contributed by atoms with Gasteiger partial charge in [0.2, 0.25) is 5.91 Å². The van der Waals surface area contributed by atoms with E-state index in [0.717, 1.165) is 5.56 Å². The molecular formula is C22H16FN3O2. The number of carbonyl (C=O) groups is 1. The van der Waals surface area contributed by atoms with E-state index in [9.17, 15) is 9.18 Å². The van der Waals surface area contributed by atoms with E-state index in [1.54, 1.807) is 41.4 Å². The van der Waals surface area contributed by atoms with E-state index in [2.05, 4.69) is 9.83 Å². The third kappa shape index (κ3) is 2.97. The smallest absolute Gasteiger partial charge is 0.233 e. The molecule has 1 aliphatic heterocycles. The molecule has 2 heterocycles. The number of rotatable bonds is 4. The van der Waals surface area contributed by atoms with Gasteiger partial charge in [0.25, 0.3) is 0 Å².